The first-order valence-electron chi connectivity index (χ1n) is 7.11. The lowest BCUT2D eigenvalue weighted by molar-refractivity contribution is -0.139. The Morgan fingerprint density at radius 3 is 2.29 bits per heavy atom. The van der Waals surface area contributed by atoms with Gasteiger partial charge in [-0.2, -0.15) is 5.10 Å². The van der Waals surface area contributed by atoms with Gasteiger partial charge in [0, 0.05) is 12.5 Å². The van der Waals surface area contributed by atoms with Gasteiger partial charge in [-0.1, -0.05) is 13.8 Å². The minimum atomic E-state index is -0.896. The molecule has 1 rings (SSSR count). The van der Waals surface area contributed by atoms with Crippen LogP contribution in [0.2, 0.25) is 0 Å². The number of amides is 1. The van der Waals surface area contributed by atoms with Crippen molar-refractivity contribution < 1.29 is 14.7 Å². The van der Waals surface area contributed by atoms with Crippen molar-refractivity contribution in [2.75, 3.05) is 5.32 Å². The number of hydrogen-bond donors (Lipinski definition) is 2. The normalized spacial score (nSPS) is 11.8. The molecule has 1 aromatic heterocycles. The molecule has 0 fully saturated rings. The number of carbonyl (C=O) groups excluding carboxylic acids is 1. The maximum absolute atomic E-state index is 12.2. The summed E-state index contributed by atoms with van der Waals surface area (Å²) in [6, 6.07) is 0.220. The molecule has 0 aromatic carbocycles. The molecule has 0 radical (unpaired) electrons. The molecular formula is C15H25N3O3. The fraction of sp³-hybridized carbons (Fsp3) is 0.667. The standard InChI is InChI=1S/C15H25N3O3/c1-9(2)18-11(4)14(10(3)17-18)16-12(19)7-15(5,6)8-13(20)21/h9H,7-8H2,1-6H3,(H,16,19)(H,20,21). The van der Waals surface area contributed by atoms with E-state index in [1.54, 1.807) is 13.8 Å². The van der Waals surface area contributed by atoms with E-state index >= 15 is 0 Å². The van der Waals surface area contributed by atoms with E-state index in [1.807, 2.05) is 32.4 Å². The second-order valence-corrected chi connectivity index (χ2v) is 6.54. The number of nitrogens with zero attached hydrogens (tertiary/aromatic N) is 2. The Labute approximate surface area is 125 Å². The van der Waals surface area contributed by atoms with Crippen molar-refractivity contribution >= 4 is 17.6 Å². The van der Waals surface area contributed by atoms with Crippen LogP contribution in [0.1, 0.15) is 58.0 Å². The van der Waals surface area contributed by atoms with E-state index in [2.05, 4.69) is 10.4 Å². The van der Waals surface area contributed by atoms with Crippen molar-refractivity contribution in [3.8, 4) is 0 Å². The summed E-state index contributed by atoms with van der Waals surface area (Å²) in [7, 11) is 0. The average Bonchev–Trinajstić information content (AvgIpc) is 2.54. The Kier molecular flexibility index (Phi) is 5.15. The maximum atomic E-state index is 12.2. The average molecular weight is 295 g/mol. The van der Waals surface area contributed by atoms with Crippen molar-refractivity contribution in [3.63, 3.8) is 0 Å². The zero-order valence-corrected chi connectivity index (χ0v) is 13.6. The van der Waals surface area contributed by atoms with Crippen molar-refractivity contribution in [2.24, 2.45) is 5.41 Å². The highest BCUT2D eigenvalue weighted by atomic mass is 16.4. The summed E-state index contributed by atoms with van der Waals surface area (Å²) in [5, 5.41) is 16.1. The lowest BCUT2D eigenvalue weighted by atomic mass is 9.85. The smallest absolute Gasteiger partial charge is 0.303 e. The van der Waals surface area contributed by atoms with Crippen LogP contribution in [0.25, 0.3) is 0 Å². The quantitative estimate of drug-likeness (QED) is 0.845. The van der Waals surface area contributed by atoms with Crippen LogP contribution in [0, 0.1) is 19.3 Å². The SMILES string of the molecule is Cc1nn(C(C)C)c(C)c1NC(=O)CC(C)(C)CC(=O)O. The van der Waals surface area contributed by atoms with Gasteiger partial charge < -0.3 is 10.4 Å². The molecule has 0 unspecified atom stereocenters. The predicted molar refractivity (Wildman–Crippen MR) is 81.4 cm³/mol. The summed E-state index contributed by atoms with van der Waals surface area (Å²) in [5.41, 5.74) is 1.82. The third kappa shape index (κ3) is 4.58. The summed E-state index contributed by atoms with van der Waals surface area (Å²) in [6.07, 6.45) is 0.120. The molecule has 0 saturated heterocycles. The first kappa shape index (κ1) is 17.2. The van der Waals surface area contributed by atoms with E-state index in [4.69, 9.17) is 5.11 Å². The fourth-order valence-corrected chi connectivity index (χ4v) is 2.44. The van der Waals surface area contributed by atoms with Crippen LogP contribution in [0.4, 0.5) is 5.69 Å². The highest BCUT2D eigenvalue weighted by Gasteiger charge is 2.26. The zero-order chi connectivity index (χ0) is 16.4. The van der Waals surface area contributed by atoms with Gasteiger partial charge in [-0.15, -0.1) is 0 Å². The number of aromatic nitrogens is 2. The lowest BCUT2D eigenvalue weighted by Crippen LogP contribution is -2.25. The molecule has 0 spiro atoms. The van der Waals surface area contributed by atoms with Crippen LogP contribution in [0.5, 0.6) is 0 Å². The van der Waals surface area contributed by atoms with Crippen molar-refractivity contribution in [1.82, 2.24) is 9.78 Å². The zero-order valence-electron chi connectivity index (χ0n) is 13.6. The summed E-state index contributed by atoms with van der Waals surface area (Å²) in [4.78, 5) is 22.9. The second kappa shape index (κ2) is 6.28. The summed E-state index contributed by atoms with van der Waals surface area (Å²) >= 11 is 0. The van der Waals surface area contributed by atoms with Gasteiger partial charge in [-0.3, -0.25) is 14.3 Å². The number of anilines is 1. The number of hydrogen-bond acceptors (Lipinski definition) is 3. The number of carboxylic acid groups (broad SMARTS) is 1. The topological polar surface area (TPSA) is 84.2 Å². The van der Waals surface area contributed by atoms with E-state index in [1.165, 1.54) is 0 Å². The number of aliphatic carboxylic acids is 1. The van der Waals surface area contributed by atoms with Crippen molar-refractivity contribution in [1.29, 1.82) is 0 Å². The van der Waals surface area contributed by atoms with E-state index in [9.17, 15) is 9.59 Å². The molecule has 1 aromatic rings. The molecule has 1 amide bonds. The molecule has 0 saturated carbocycles. The molecule has 21 heavy (non-hydrogen) atoms. The van der Waals surface area contributed by atoms with E-state index in [0.717, 1.165) is 17.1 Å². The predicted octanol–water partition coefficient (Wildman–Crippen LogP) is 2.91. The lowest BCUT2D eigenvalue weighted by Gasteiger charge is -2.21. The van der Waals surface area contributed by atoms with Crippen molar-refractivity contribution in [3.05, 3.63) is 11.4 Å². The molecule has 0 bridgehead atoms. The van der Waals surface area contributed by atoms with Crippen LogP contribution in [0.15, 0.2) is 0 Å². The van der Waals surface area contributed by atoms with Gasteiger partial charge in [0.2, 0.25) is 5.91 Å². The Morgan fingerprint density at radius 2 is 1.86 bits per heavy atom. The first-order valence-corrected chi connectivity index (χ1v) is 7.11. The number of nitrogens with one attached hydrogen (secondary N) is 1. The monoisotopic (exact) mass is 295 g/mol. The molecule has 0 aliphatic rings. The van der Waals surface area contributed by atoms with Gasteiger partial charge in [0.15, 0.2) is 0 Å². The minimum Gasteiger partial charge on any atom is -0.481 e. The van der Waals surface area contributed by atoms with Gasteiger partial charge in [-0.25, -0.2) is 0 Å². The molecular weight excluding hydrogens is 270 g/mol. The van der Waals surface area contributed by atoms with E-state index < -0.39 is 11.4 Å². The molecule has 0 atom stereocenters. The van der Waals surface area contributed by atoms with Gasteiger partial charge in [0.05, 0.1) is 23.5 Å². The minimum absolute atomic E-state index is 0.0381. The third-order valence-electron chi connectivity index (χ3n) is 3.35. The number of aryl methyl sites for hydroxylation is 1. The van der Waals surface area contributed by atoms with Gasteiger partial charge in [-0.05, 0) is 33.1 Å². The molecule has 0 aliphatic carbocycles. The van der Waals surface area contributed by atoms with E-state index in [-0.39, 0.29) is 24.8 Å². The second-order valence-electron chi connectivity index (χ2n) is 6.54. The molecule has 118 valence electrons. The van der Waals surface area contributed by atoms with Crippen LogP contribution in [-0.4, -0.2) is 26.8 Å². The Balaban J connectivity index is 2.83. The number of carboxylic acids is 1. The highest BCUT2D eigenvalue weighted by Crippen LogP contribution is 2.27. The maximum Gasteiger partial charge on any atom is 0.303 e. The molecule has 2 N–H and O–H groups in total. The largest absolute Gasteiger partial charge is 0.481 e. The molecule has 6 heteroatoms. The first-order chi connectivity index (χ1) is 9.53. The van der Waals surface area contributed by atoms with Crippen LogP contribution in [0.3, 0.4) is 0 Å². The molecule has 1 heterocycles. The summed E-state index contributed by atoms with van der Waals surface area (Å²) in [6.45, 7) is 11.4. The van der Waals surface area contributed by atoms with Crippen LogP contribution < -0.4 is 5.32 Å². The highest BCUT2D eigenvalue weighted by molar-refractivity contribution is 5.92. The van der Waals surface area contributed by atoms with Crippen molar-refractivity contribution in [2.45, 2.75) is 60.4 Å². The van der Waals surface area contributed by atoms with Crippen LogP contribution in [-0.2, 0) is 9.59 Å². The summed E-state index contributed by atoms with van der Waals surface area (Å²) < 4.78 is 1.87. The number of carbonyl (C=O) groups is 2. The molecule has 0 aliphatic heterocycles. The van der Waals surface area contributed by atoms with E-state index in [0.29, 0.717) is 0 Å². The fourth-order valence-electron chi connectivity index (χ4n) is 2.44. The van der Waals surface area contributed by atoms with Gasteiger partial charge in [0.1, 0.15) is 0 Å². The van der Waals surface area contributed by atoms with Gasteiger partial charge >= 0.3 is 5.97 Å². The molecule has 6 nitrogen and oxygen atoms in total. The number of rotatable bonds is 6. The third-order valence-corrected chi connectivity index (χ3v) is 3.35. The summed E-state index contributed by atoms with van der Waals surface area (Å²) in [5.74, 6) is -1.08. The Hall–Kier alpha value is -1.85. The Bertz CT molecular complexity index is 545. The van der Waals surface area contributed by atoms with Crippen LogP contribution >= 0.6 is 0 Å². The van der Waals surface area contributed by atoms with Gasteiger partial charge in [0.25, 0.3) is 0 Å². The Morgan fingerprint density at radius 1 is 1.29 bits per heavy atom.